The van der Waals surface area contributed by atoms with Crippen molar-refractivity contribution in [3.8, 4) is 5.75 Å². The molecule has 0 unspecified atom stereocenters. The molecule has 120 valence electrons. The molecule has 0 fully saturated rings. The number of benzene rings is 2. The molecule has 0 aliphatic heterocycles. The van der Waals surface area contributed by atoms with Crippen LogP contribution in [0.25, 0.3) is 0 Å². The first kappa shape index (κ1) is 16.1. The van der Waals surface area contributed by atoms with Crippen molar-refractivity contribution >= 4 is 23.0 Å². The first-order valence-corrected chi connectivity index (χ1v) is 7.66. The van der Waals surface area contributed by atoms with Crippen molar-refractivity contribution in [2.24, 2.45) is 4.99 Å². The van der Waals surface area contributed by atoms with Crippen molar-refractivity contribution in [3.05, 3.63) is 89.0 Å². The van der Waals surface area contributed by atoms with E-state index in [1.807, 2.05) is 60.7 Å². The zero-order chi connectivity index (χ0) is 16.9. The summed E-state index contributed by atoms with van der Waals surface area (Å²) in [7, 11) is 1.45. The number of methoxy groups -OCH3 is 1. The van der Waals surface area contributed by atoms with E-state index in [4.69, 9.17) is 16.3 Å². The highest BCUT2D eigenvalue weighted by molar-refractivity contribution is 6.30. The Kier molecular flexibility index (Phi) is 4.87. The lowest BCUT2D eigenvalue weighted by Gasteiger charge is -2.09. The number of aromatic nitrogens is 1. The maximum atomic E-state index is 14.2. The van der Waals surface area contributed by atoms with Crippen LogP contribution in [0.3, 0.4) is 0 Å². The Bertz CT molecular complexity index is 826. The summed E-state index contributed by atoms with van der Waals surface area (Å²) in [5.74, 6) is -0.470. The van der Waals surface area contributed by atoms with Gasteiger partial charge in [0.1, 0.15) is 5.69 Å². The molecule has 2 aromatic carbocycles. The highest BCUT2D eigenvalue weighted by Crippen LogP contribution is 2.30. The fraction of sp³-hybridized carbons (Fsp3) is 0.0526. The van der Waals surface area contributed by atoms with Gasteiger partial charge in [-0.05, 0) is 0 Å². The van der Waals surface area contributed by atoms with Crippen LogP contribution in [0, 0.1) is 5.95 Å². The molecular formula is C19H14ClFN2O. The van der Waals surface area contributed by atoms with Gasteiger partial charge in [-0.15, -0.1) is 0 Å². The van der Waals surface area contributed by atoms with E-state index in [0.717, 1.165) is 11.1 Å². The summed E-state index contributed by atoms with van der Waals surface area (Å²) in [6.45, 7) is 0. The third-order valence-corrected chi connectivity index (χ3v) is 3.70. The molecule has 1 heterocycles. The SMILES string of the molecule is COc1cc(N=C(c2ccccc2)c2ccccc2)c(F)nc1Cl. The minimum Gasteiger partial charge on any atom is -0.493 e. The van der Waals surface area contributed by atoms with E-state index in [-0.39, 0.29) is 16.6 Å². The molecule has 0 N–H and O–H groups in total. The van der Waals surface area contributed by atoms with Crippen molar-refractivity contribution in [3.63, 3.8) is 0 Å². The van der Waals surface area contributed by atoms with Gasteiger partial charge in [0.05, 0.1) is 12.8 Å². The van der Waals surface area contributed by atoms with Gasteiger partial charge in [0.2, 0.25) is 5.95 Å². The minimum absolute atomic E-state index is 0.0325. The number of halogens is 2. The van der Waals surface area contributed by atoms with Gasteiger partial charge in [-0.3, -0.25) is 0 Å². The molecule has 0 atom stereocenters. The van der Waals surface area contributed by atoms with Crippen LogP contribution in [-0.2, 0) is 0 Å². The molecule has 0 amide bonds. The molecule has 0 saturated carbocycles. The summed E-state index contributed by atoms with van der Waals surface area (Å²) in [6.07, 6.45) is 0. The molecule has 24 heavy (non-hydrogen) atoms. The van der Waals surface area contributed by atoms with E-state index < -0.39 is 5.95 Å². The third-order valence-electron chi connectivity index (χ3n) is 3.43. The van der Waals surface area contributed by atoms with Crippen LogP contribution in [0.1, 0.15) is 11.1 Å². The monoisotopic (exact) mass is 340 g/mol. The Morgan fingerprint density at radius 2 is 1.54 bits per heavy atom. The van der Waals surface area contributed by atoms with Crippen LogP contribution < -0.4 is 4.74 Å². The number of rotatable bonds is 4. The topological polar surface area (TPSA) is 34.5 Å². The Balaban J connectivity index is 2.18. The number of pyridine rings is 1. The van der Waals surface area contributed by atoms with Gasteiger partial charge in [0, 0.05) is 17.2 Å². The molecule has 0 bridgehead atoms. The summed E-state index contributed by atoms with van der Waals surface area (Å²) in [4.78, 5) is 8.14. The molecule has 5 heteroatoms. The van der Waals surface area contributed by atoms with Gasteiger partial charge in [0.15, 0.2) is 10.9 Å². The second-order valence-corrected chi connectivity index (χ2v) is 5.34. The number of hydrogen-bond acceptors (Lipinski definition) is 3. The van der Waals surface area contributed by atoms with Crippen LogP contribution in [0.4, 0.5) is 10.1 Å². The quantitative estimate of drug-likeness (QED) is 0.492. The molecule has 0 spiro atoms. The fourth-order valence-electron chi connectivity index (χ4n) is 2.27. The predicted molar refractivity (Wildman–Crippen MR) is 93.9 cm³/mol. The highest BCUT2D eigenvalue weighted by Gasteiger charge is 2.13. The van der Waals surface area contributed by atoms with Gasteiger partial charge in [-0.25, -0.2) is 9.98 Å². The summed E-state index contributed by atoms with van der Waals surface area (Å²) < 4.78 is 19.3. The normalized spacial score (nSPS) is 10.3. The maximum Gasteiger partial charge on any atom is 0.240 e. The fourth-order valence-corrected chi connectivity index (χ4v) is 2.48. The number of hydrogen-bond donors (Lipinski definition) is 0. The van der Waals surface area contributed by atoms with E-state index in [2.05, 4.69) is 9.98 Å². The second-order valence-electron chi connectivity index (χ2n) is 4.98. The highest BCUT2D eigenvalue weighted by atomic mass is 35.5. The first-order chi connectivity index (χ1) is 11.7. The zero-order valence-electron chi connectivity index (χ0n) is 12.9. The van der Waals surface area contributed by atoms with Crippen LogP contribution >= 0.6 is 11.6 Å². The lowest BCUT2D eigenvalue weighted by Crippen LogP contribution is -2.03. The van der Waals surface area contributed by atoms with Crippen LogP contribution in [0.15, 0.2) is 71.7 Å². The average Bonchev–Trinajstić information content (AvgIpc) is 2.62. The van der Waals surface area contributed by atoms with Crippen molar-refractivity contribution in [1.82, 2.24) is 4.98 Å². The first-order valence-electron chi connectivity index (χ1n) is 7.28. The predicted octanol–water partition coefficient (Wildman–Crippen LogP) is 5.05. The number of ether oxygens (including phenoxy) is 1. The van der Waals surface area contributed by atoms with Crippen molar-refractivity contribution in [2.75, 3.05) is 7.11 Å². The van der Waals surface area contributed by atoms with E-state index >= 15 is 0 Å². The van der Waals surface area contributed by atoms with Gasteiger partial charge in [-0.1, -0.05) is 72.3 Å². The molecule has 3 aromatic rings. The lowest BCUT2D eigenvalue weighted by atomic mass is 10.0. The summed E-state index contributed by atoms with van der Waals surface area (Å²) in [5.41, 5.74) is 2.45. The largest absolute Gasteiger partial charge is 0.493 e. The van der Waals surface area contributed by atoms with Crippen molar-refractivity contribution < 1.29 is 9.13 Å². The van der Waals surface area contributed by atoms with Gasteiger partial charge >= 0.3 is 0 Å². The third kappa shape index (κ3) is 3.44. The summed E-state index contributed by atoms with van der Waals surface area (Å²) >= 11 is 5.85. The van der Waals surface area contributed by atoms with Crippen LogP contribution in [0.2, 0.25) is 5.15 Å². The standard InChI is InChI=1S/C19H14ClFN2O/c1-24-16-12-15(19(21)23-18(16)20)22-17(13-8-4-2-5-9-13)14-10-6-3-7-11-14/h2-12H,1H3. The van der Waals surface area contributed by atoms with Crippen molar-refractivity contribution in [1.29, 1.82) is 0 Å². The zero-order valence-corrected chi connectivity index (χ0v) is 13.7. The van der Waals surface area contributed by atoms with E-state index in [0.29, 0.717) is 5.71 Å². The van der Waals surface area contributed by atoms with Gasteiger partial charge in [0.25, 0.3) is 0 Å². The molecule has 0 radical (unpaired) electrons. The molecule has 0 aliphatic rings. The summed E-state index contributed by atoms with van der Waals surface area (Å²) in [5, 5.41) is -0.0325. The van der Waals surface area contributed by atoms with Gasteiger partial charge < -0.3 is 4.74 Å². The van der Waals surface area contributed by atoms with Gasteiger partial charge in [-0.2, -0.15) is 4.39 Å². The smallest absolute Gasteiger partial charge is 0.240 e. The average molecular weight is 341 g/mol. The minimum atomic E-state index is -0.745. The molecule has 0 saturated heterocycles. The Morgan fingerprint density at radius 3 is 2.04 bits per heavy atom. The molecule has 3 nitrogen and oxygen atoms in total. The Morgan fingerprint density at radius 1 is 1.00 bits per heavy atom. The van der Waals surface area contributed by atoms with E-state index in [9.17, 15) is 4.39 Å². The number of nitrogens with zero attached hydrogens (tertiary/aromatic N) is 2. The molecule has 3 rings (SSSR count). The van der Waals surface area contributed by atoms with E-state index in [1.54, 1.807) is 0 Å². The number of aliphatic imine (C=N–C) groups is 1. The Hall–Kier alpha value is -2.72. The van der Waals surface area contributed by atoms with Crippen LogP contribution in [0.5, 0.6) is 5.75 Å². The lowest BCUT2D eigenvalue weighted by molar-refractivity contribution is 0.411. The van der Waals surface area contributed by atoms with Crippen LogP contribution in [-0.4, -0.2) is 17.8 Å². The summed E-state index contributed by atoms with van der Waals surface area (Å²) in [6, 6.07) is 20.6. The molecule has 0 aliphatic carbocycles. The van der Waals surface area contributed by atoms with Crippen molar-refractivity contribution in [2.45, 2.75) is 0 Å². The molecular weight excluding hydrogens is 327 g/mol. The molecule has 1 aromatic heterocycles. The Labute approximate surface area is 144 Å². The maximum absolute atomic E-state index is 14.2. The van der Waals surface area contributed by atoms with E-state index in [1.165, 1.54) is 13.2 Å². The second kappa shape index (κ2) is 7.23.